The van der Waals surface area contributed by atoms with Crippen molar-refractivity contribution in [3.63, 3.8) is 0 Å². The lowest BCUT2D eigenvalue weighted by Gasteiger charge is -2.10. The highest BCUT2D eigenvalue weighted by Gasteiger charge is 2.10. The Morgan fingerprint density at radius 3 is 1.93 bits per heavy atom. The van der Waals surface area contributed by atoms with E-state index < -0.39 is 0 Å². The van der Waals surface area contributed by atoms with Crippen LogP contribution in [0.25, 0.3) is 10.9 Å². The van der Waals surface area contributed by atoms with E-state index in [2.05, 4.69) is 21.9 Å². The molecule has 0 amide bonds. The zero-order chi connectivity index (χ0) is 11.2. The van der Waals surface area contributed by atoms with Crippen LogP contribution in [-0.4, -0.2) is 15.0 Å². The summed E-state index contributed by atoms with van der Waals surface area (Å²) in [5, 5.41) is 1.10. The van der Waals surface area contributed by atoms with Crippen LogP contribution in [-0.2, 0) is 0 Å². The molecular formula is C12H15N3. The summed E-state index contributed by atoms with van der Waals surface area (Å²) in [6.07, 6.45) is 0. The first-order chi connectivity index (χ1) is 7.00. The van der Waals surface area contributed by atoms with Crippen molar-refractivity contribution in [1.29, 1.82) is 0 Å². The van der Waals surface area contributed by atoms with E-state index in [1.165, 1.54) is 0 Å². The van der Waals surface area contributed by atoms with Crippen LogP contribution in [0, 0.1) is 34.6 Å². The first kappa shape index (κ1) is 10.0. The molecule has 0 bridgehead atoms. The van der Waals surface area contributed by atoms with Crippen LogP contribution in [0.4, 0.5) is 0 Å². The van der Waals surface area contributed by atoms with Crippen molar-refractivity contribution in [2.24, 2.45) is 0 Å². The lowest BCUT2D eigenvalue weighted by Crippen LogP contribution is -2.01. The molecule has 2 aromatic rings. The molecule has 0 aliphatic carbocycles. The van der Waals surface area contributed by atoms with Gasteiger partial charge in [0.05, 0.1) is 11.2 Å². The first-order valence-electron chi connectivity index (χ1n) is 5.09. The fourth-order valence-corrected chi connectivity index (χ4v) is 1.98. The van der Waals surface area contributed by atoms with Gasteiger partial charge in [-0.15, -0.1) is 0 Å². The number of rotatable bonds is 0. The molecule has 2 aromatic heterocycles. The van der Waals surface area contributed by atoms with Crippen molar-refractivity contribution in [2.75, 3.05) is 0 Å². The van der Waals surface area contributed by atoms with Gasteiger partial charge in [0.1, 0.15) is 5.82 Å². The van der Waals surface area contributed by atoms with Gasteiger partial charge in [-0.25, -0.2) is 9.97 Å². The number of fused-ring (bicyclic) bond motifs is 1. The molecule has 78 valence electrons. The van der Waals surface area contributed by atoms with Gasteiger partial charge < -0.3 is 0 Å². The lowest BCUT2D eigenvalue weighted by atomic mass is 10.1. The van der Waals surface area contributed by atoms with E-state index in [9.17, 15) is 0 Å². The van der Waals surface area contributed by atoms with Crippen LogP contribution in [0.15, 0.2) is 0 Å². The van der Waals surface area contributed by atoms with E-state index in [1.54, 1.807) is 0 Å². The first-order valence-corrected chi connectivity index (χ1v) is 5.09. The van der Waals surface area contributed by atoms with Crippen LogP contribution in [0.5, 0.6) is 0 Å². The molecule has 0 saturated heterocycles. The van der Waals surface area contributed by atoms with E-state index in [0.717, 1.165) is 39.4 Å². The Kier molecular flexibility index (Phi) is 2.18. The van der Waals surface area contributed by atoms with E-state index >= 15 is 0 Å². The number of aryl methyl sites for hydroxylation is 5. The maximum absolute atomic E-state index is 4.51. The topological polar surface area (TPSA) is 38.7 Å². The molecular weight excluding hydrogens is 186 g/mol. The smallest absolute Gasteiger partial charge is 0.126 e. The molecule has 2 rings (SSSR count). The van der Waals surface area contributed by atoms with Crippen LogP contribution in [0.3, 0.4) is 0 Å². The number of nitrogens with zero attached hydrogens (tertiary/aromatic N) is 3. The summed E-state index contributed by atoms with van der Waals surface area (Å²) in [4.78, 5) is 13.4. The number of hydrogen-bond donors (Lipinski definition) is 0. The van der Waals surface area contributed by atoms with Crippen molar-refractivity contribution in [3.8, 4) is 0 Å². The highest BCUT2D eigenvalue weighted by Crippen LogP contribution is 2.23. The largest absolute Gasteiger partial charge is 0.257 e. The Morgan fingerprint density at radius 2 is 1.27 bits per heavy atom. The number of aromatic nitrogens is 3. The molecule has 0 unspecified atom stereocenters. The highest BCUT2D eigenvalue weighted by atomic mass is 14.9. The third kappa shape index (κ3) is 1.48. The Labute approximate surface area is 89.6 Å². The second-order valence-corrected chi connectivity index (χ2v) is 3.99. The van der Waals surface area contributed by atoms with Gasteiger partial charge in [-0.05, 0) is 40.2 Å². The van der Waals surface area contributed by atoms with E-state index in [0.29, 0.717) is 0 Å². The van der Waals surface area contributed by atoms with Crippen LogP contribution >= 0.6 is 0 Å². The van der Waals surface area contributed by atoms with Crippen molar-refractivity contribution < 1.29 is 0 Å². The van der Waals surface area contributed by atoms with Gasteiger partial charge in [-0.3, -0.25) is 4.98 Å². The van der Waals surface area contributed by atoms with Crippen molar-refractivity contribution >= 4 is 10.9 Å². The minimum Gasteiger partial charge on any atom is -0.257 e. The molecule has 0 spiro atoms. The maximum Gasteiger partial charge on any atom is 0.126 e. The van der Waals surface area contributed by atoms with Crippen LogP contribution < -0.4 is 0 Å². The Morgan fingerprint density at radius 1 is 0.667 bits per heavy atom. The third-order valence-electron chi connectivity index (χ3n) is 2.80. The molecule has 0 aromatic carbocycles. The Balaban J connectivity index is 3.02. The minimum atomic E-state index is 0.827. The van der Waals surface area contributed by atoms with Crippen LogP contribution in [0.2, 0.25) is 0 Å². The van der Waals surface area contributed by atoms with E-state index in [-0.39, 0.29) is 0 Å². The normalized spacial score (nSPS) is 11.0. The molecule has 0 atom stereocenters. The molecule has 0 fully saturated rings. The molecule has 3 heteroatoms. The van der Waals surface area contributed by atoms with Gasteiger partial charge in [0.25, 0.3) is 0 Å². The van der Waals surface area contributed by atoms with Crippen molar-refractivity contribution in [1.82, 2.24) is 15.0 Å². The average molecular weight is 201 g/mol. The number of pyridine rings is 1. The lowest BCUT2D eigenvalue weighted by molar-refractivity contribution is 1.02. The summed E-state index contributed by atoms with van der Waals surface area (Å²) in [6.45, 7) is 10.0. The molecule has 0 radical (unpaired) electrons. The molecule has 2 heterocycles. The van der Waals surface area contributed by atoms with Crippen molar-refractivity contribution in [3.05, 3.63) is 28.5 Å². The van der Waals surface area contributed by atoms with Crippen molar-refractivity contribution in [2.45, 2.75) is 34.6 Å². The summed E-state index contributed by atoms with van der Waals surface area (Å²) in [6, 6.07) is 0. The minimum absolute atomic E-state index is 0.827. The van der Waals surface area contributed by atoms with Gasteiger partial charge in [0, 0.05) is 16.8 Å². The highest BCUT2D eigenvalue weighted by molar-refractivity contribution is 5.86. The SMILES string of the molecule is Cc1nc(C)c2c(C)nc(C)c(C)c2n1. The zero-order valence-corrected chi connectivity index (χ0v) is 9.84. The van der Waals surface area contributed by atoms with E-state index in [1.807, 2.05) is 27.7 Å². The number of hydrogen-bond acceptors (Lipinski definition) is 3. The maximum atomic E-state index is 4.51. The summed E-state index contributed by atoms with van der Waals surface area (Å²) in [5.41, 5.74) is 5.29. The monoisotopic (exact) mass is 201 g/mol. The summed E-state index contributed by atoms with van der Waals surface area (Å²) < 4.78 is 0. The average Bonchev–Trinajstić information content (AvgIpc) is 2.12. The summed E-state index contributed by atoms with van der Waals surface area (Å²) in [5.74, 6) is 0.827. The molecule has 0 aliphatic heterocycles. The fraction of sp³-hybridized carbons (Fsp3) is 0.417. The Hall–Kier alpha value is -1.51. The molecule has 0 N–H and O–H groups in total. The van der Waals surface area contributed by atoms with Gasteiger partial charge in [0.15, 0.2) is 0 Å². The summed E-state index contributed by atoms with van der Waals surface area (Å²) in [7, 11) is 0. The predicted molar refractivity (Wildman–Crippen MR) is 61.0 cm³/mol. The van der Waals surface area contributed by atoms with E-state index in [4.69, 9.17) is 0 Å². The second kappa shape index (κ2) is 3.26. The molecule has 15 heavy (non-hydrogen) atoms. The second-order valence-electron chi connectivity index (χ2n) is 3.99. The quantitative estimate of drug-likeness (QED) is 0.657. The third-order valence-corrected chi connectivity index (χ3v) is 2.80. The fourth-order valence-electron chi connectivity index (χ4n) is 1.98. The van der Waals surface area contributed by atoms with Gasteiger partial charge in [-0.2, -0.15) is 0 Å². The van der Waals surface area contributed by atoms with Gasteiger partial charge in [0.2, 0.25) is 0 Å². The van der Waals surface area contributed by atoms with Gasteiger partial charge in [-0.1, -0.05) is 0 Å². The van der Waals surface area contributed by atoms with Gasteiger partial charge >= 0.3 is 0 Å². The standard InChI is InChI=1S/C12H15N3/c1-6-7(2)13-8(3)11-9(4)14-10(5)15-12(6)11/h1-5H3. The van der Waals surface area contributed by atoms with Crippen LogP contribution in [0.1, 0.15) is 28.5 Å². The molecule has 0 aliphatic rings. The molecule has 0 saturated carbocycles. The summed E-state index contributed by atoms with van der Waals surface area (Å²) >= 11 is 0. The predicted octanol–water partition coefficient (Wildman–Crippen LogP) is 2.57. The molecule has 3 nitrogen and oxygen atoms in total. The zero-order valence-electron chi connectivity index (χ0n) is 9.84. The Bertz CT molecular complexity index is 536.